The number of anilines is 1. The highest BCUT2D eigenvalue weighted by atomic mass is 15.3. The maximum atomic E-state index is 5.60. The predicted octanol–water partition coefficient (Wildman–Crippen LogP) is 1.48. The number of hydrogen-bond donors (Lipinski definition) is 1. The Labute approximate surface area is 94.3 Å². The Hall–Kier alpha value is -1.91. The highest BCUT2D eigenvalue weighted by Gasteiger charge is 2.12. The van der Waals surface area contributed by atoms with Crippen molar-refractivity contribution in [3.05, 3.63) is 28.7 Å². The van der Waals surface area contributed by atoms with Crippen LogP contribution in [0.3, 0.4) is 0 Å². The third kappa shape index (κ3) is 1.54. The molecule has 0 aliphatic heterocycles. The van der Waals surface area contributed by atoms with Crippen molar-refractivity contribution in [2.45, 2.75) is 27.7 Å². The van der Waals surface area contributed by atoms with Gasteiger partial charge in [-0.15, -0.1) is 0 Å². The van der Waals surface area contributed by atoms with Crippen LogP contribution in [0.1, 0.15) is 22.5 Å². The molecular weight excluding hydrogens is 202 g/mol. The molecule has 0 amide bonds. The molecule has 0 atom stereocenters. The SMILES string of the molecule is Cc1cnc(N)nc1-n1nc(C)c(C)c1C. The zero-order valence-electron chi connectivity index (χ0n) is 9.94. The average Bonchev–Trinajstić information content (AvgIpc) is 2.50. The van der Waals surface area contributed by atoms with Gasteiger partial charge >= 0.3 is 0 Å². The first kappa shape index (κ1) is 10.6. The first-order chi connectivity index (χ1) is 7.50. The van der Waals surface area contributed by atoms with Gasteiger partial charge in [0.05, 0.1) is 5.69 Å². The summed E-state index contributed by atoms with van der Waals surface area (Å²) in [7, 11) is 0. The van der Waals surface area contributed by atoms with E-state index in [0.717, 1.165) is 22.8 Å². The van der Waals surface area contributed by atoms with Gasteiger partial charge in [-0.3, -0.25) is 0 Å². The Morgan fingerprint density at radius 2 is 1.88 bits per heavy atom. The molecule has 16 heavy (non-hydrogen) atoms. The van der Waals surface area contributed by atoms with E-state index in [-0.39, 0.29) is 5.95 Å². The van der Waals surface area contributed by atoms with Crippen LogP contribution in [0.15, 0.2) is 6.20 Å². The third-order valence-corrected chi connectivity index (χ3v) is 2.82. The van der Waals surface area contributed by atoms with Crippen LogP contribution in [-0.4, -0.2) is 19.7 Å². The largest absolute Gasteiger partial charge is 0.368 e. The average molecular weight is 217 g/mol. The van der Waals surface area contributed by atoms with Gasteiger partial charge in [-0.2, -0.15) is 10.1 Å². The summed E-state index contributed by atoms with van der Waals surface area (Å²) < 4.78 is 1.82. The van der Waals surface area contributed by atoms with Crippen LogP contribution in [-0.2, 0) is 0 Å². The van der Waals surface area contributed by atoms with Crippen molar-refractivity contribution < 1.29 is 0 Å². The van der Waals surface area contributed by atoms with Crippen LogP contribution in [0.5, 0.6) is 0 Å². The molecule has 0 bridgehead atoms. The molecule has 5 nitrogen and oxygen atoms in total. The van der Waals surface area contributed by atoms with Gasteiger partial charge < -0.3 is 5.73 Å². The summed E-state index contributed by atoms with van der Waals surface area (Å²) in [5.41, 5.74) is 9.82. The Morgan fingerprint density at radius 1 is 1.19 bits per heavy atom. The molecule has 2 aromatic heterocycles. The van der Waals surface area contributed by atoms with Crippen LogP contribution in [0.2, 0.25) is 0 Å². The van der Waals surface area contributed by atoms with E-state index >= 15 is 0 Å². The fraction of sp³-hybridized carbons (Fsp3) is 0.364. The molecule has 0 aliphatic rings. The lowest BCUT2D eigenvalue weighted by Gasteiger charge is -2.07. The maximum Gasteiger partial charge on any atom is 0.222 e. The molecule has 0 aliphatic carbocycles. The summed E-state index contributed by atoms with van der Waals surface area (Å²) in [4.78, 5) is 8.17. The van der Waals surface area contributed by atoms with Gasteiger partial charge in [-0.05, 0) is 33.3 Å². The third-order valence-electron chi connectivity index (χ3n) is 2.82. The minimum Gasteiger partial charge on any atom is -0.368 e. The minimum absolute atomic E-state index is 0.269. The Bertz CT molecular complexity index is 542. The number of nitrogens with zero attached hydrogens (tertiary/aromatic N) is 4. The second kappa shape index (κ2) is 3.59. The second-order valence-corrected chi connectivity index (χ2v) is 3.94. The van der Waals surface area contributed by atoms with E-state index in [0.29, 0.717) is 0 Å². The lowest BCUT2D eigenvalue weighted by atomic mass is 10.2. The van der Waals surface area contributed by atoms with Gasteiger partial charge in [0.15, 0.2) is 5.82 Å². The smallest absolute Gasteiger partial charge is 0.222 e. The quantitative estimate of drug-likeness (QED) is 0.785. The molecule has 0 fully saturated rings. The molecule has 2 rings (SSSR count). The molecule has 2 aromatic rings. The predicted molar refractivity (Wildman–Crippen MR) is 62.5 cm³/mol. The van der Waals surface area contributed by atoms with Gasteiger partial charge in [0.25, 0.3) is 0 Å². The van der Waals surface area contributed by atoms with Gasteiger partial charge in [-0.25, -0.2) is 9.67 Å². The van der Waals surface area contributed by atoms with Gasteiger partial charge in [0.2, 0.25) is 5.95 Å². The number of nitrogens with two attached hydrogens (primary N) is 1. The Balaban J connectivity index is 2.67. The van der Waals surface area contributed by atoms with E-state index in [1.165, 1.54) is 5.56 Å². The van der Waals surface area contributed by atoms with Crippen LogP contribution < -0.4 is 5.73 Å². The molecule has 0 unspecified atom stereocenters. The molecule has 84 valence electrons. The summed E-state index contributed by atoms with van der Waals surface area (Å²) in [5.74, 6) is 1.02. The molecular formula is C11H15N5. The fourth-order valence-corrected chi connectivity index (χ4v) is 1.59. The standard InChI is InChI=1S/C11H15N5/c1-6-5-13-11(12)14-10(6)16-9(4)7(2)8(3)15-16/h5H,1-4H3,(H2,12,13,14). The number of aryl methyl sites for hydroxylation is 2. The van der Waals surface area contributed by atoms with Crippen molar-refractivity contribution in [1.82, 2.24) is 19.7 Å². The van der Waals surface area contributed by atoms with Crippen LogP contribution >= 0.6 is 0 Å². The maximum absolute atomic E-state index is 5.60. The van der Waals surface area contributed by atoms with E-state index in [9.17, 15) is 0 Å². The van der Waals surface area contributed by atoms with E-state index in [1.807, 2.05) is 32.4 Å². The lowest BCUT2D eigenvalue weighted by molar-refractivity contribution is 0.794. The molecule has 5 heteroatoms. The molecule has 2 N–H and O–H groups in total. The number of nitrogen functional groups attached to an aromatic ring is 1. The summed E-state index contributed by atoms with van der Waals surface area (Å²) in [6, 6.07) is 0. The van der Waals surface area contributed by atoms with Crippen LogP contribution in [0.25, 0.3) is 5.82 Å². The van der Waals surface area contributed by atoms with E-state index in [4.69, 9.17) is 5.73 Å². The number of hydrogen-bond acceptors (Lipinski definition) is 4. The van der Waals surface area contributed by atoms with E-state index < -0.39 is 0 Å². The number of rotatable bonds is 1. The summed E-state index contributed by atoms with van der Waals surface area (Å²) in [6.45, 7) is 8.00. The van der Waals surface area contributed by atoms with Crippen molar-refractivity contribution in [2.75, 3.05) is 5.73 Å². The van der Waals surface area contributed by atoms with Gasteiger partial charge in [0, 0.05) is 17.5 Å². The number of aromatic nitrogens is 4. The Kier molecular flexibility index (Phi) is 2.38. The lowest BCUT2D eigenvalue weighted by Crippen LogP contribution is -2.07. The monoisotopic (exact) mass is 217 g/mol. The normalized spacial score (nSPS) is 10.8. The van der Waals surface area contributed by atoms with E-state index in [2.05, 4.69) is 15.1 Å². The second-order valence-electron chi connectivity index (χ2n) is 3.94. The summed E-state index contributed by atoms with van der Waals surface area (Å²) >= 11 is 0. The van der Waals surface area contributed by atoms with Crippen molar-refractivity contribution in [1.29, 1.82) is 0 Å². The molecule has 0 radical (unpaired) electrons. The first-order valence-corrected chi connectivity index (χ1v) is 5.13. The van der Waals surface area contributed by atoms with Crippen LogP contribution in [0.4, 0.5) is 5.95 Å². The van der Waals surface area contributed by atoms with Crippen molar-refractivity contribution >= 4 is 5.95 Å². The van der Waals surface area contributed by atoms with E-state index in [1.54, 1.807) is 6.20 Å². The van der Waals surface area contributed by atoms with Crippen LogP contribution in [0, 0.1) is 27.7 Å². The van der Waals surface area contributed by atoms with Crippen molar-refractivity contribution in [2.24, 2.45) is 0 Å². The molecule has 0 saturated heterocycles. The highest BCUT2D eigenvalue weighted by molar-refractivity contribution is 5.38. The summed E-state index contributed by atoms with van der Waals surface area (Å²) in [5, 5.41) is 4.45. The molecule has 0 spiro atoms. The summed E-state index contributed by atoms with van der Waals surface area (Å²) in [6.07, 6.45) is 1.71. The molecule has 0 saturated carbocycles. The zero-order chi connectivity index (χ0) is 11.9. The molecule has 2 heterocycles. The topological polar surface area (TPSA) is 69.6 Å². The molecule has 0 aromatic carbocycles. The fourth-order valence-electron chi connectivity index (χ4n) is 1.59. The zero-order valence-corrected chi connectivity index (χ0v) is 9.94. The van der Waals surface area contributed by atoms with Crippen molar-refractivity contribution in [3.8, 4) is 5.82 Å². The Morgan fingerprint density at radius 3 is 2.44 bits per heavy atom. The van der Waals surface area contributed by atoms with Gasteiger partial charge in [-0.1, -0.05) is 0 Å². The van der Waals surface area contributed by atoms with Crippen molar-refractivity contribution in [3.63, 3.8) is 0 Å². The first-order valence-electron chi connectivity index (χ1n) is 5.13. The minimum atomic E-state index is 0.269. The highest BCUT2D eigenvalue weighted by Crippen LogP contribution is 2.17. The van der Waals surface area contributed by atoms with Gasteiger partial charge in [0.1, 0.15) is 0 Å².